The molecule has 3 unspecified atom stereocenters. The Kier molecular flexibility index (Phi) is 6.82. The monoisotopic (exact) mass is 473 g/mol. The average Bonchev–Trinajstić information content (AvgIpc) is 3.39. The van der Waals surface area contributed by atoms with Crippen molar-refractivity contribution in [2.45, 2.75) is 51.6 Å². The standard InChI is InChI=1S/C19H31N5O.HI/c1-3-16-12-17(25-22-16)13-21-19(20-2)24-8-6-23(7-9-24)18-11-14-4-5-15(18)10-14;/h12,14-15,18H,3-11,13H2,1-2H3,(H,20,21);1H. The minimum absolute atomic E-state index is 0. The van der Waals surface area contributed by atoms with Crippen molar-refractivity contribution in [3.8, 4) is 0 Å². The summed E-state index contributed by atoms with van der Waals surface area (Å²) < 4.78 is 5.36. The van der Waals surface area contributed by atoms with Gasteiger partial charge in [0, 0.05) is 45.3 Å². The van der Waals surface area contributed by atoms with E-state index in [0.717, 1.165) is 67.9 Å². The third kappa shape index (κ3) is 4.18. The van der Waals surface area contributed by atoms with E-state index in [1.165, 1.54) is 25.7 Å². The van der Waals surface area contributed by atoms with Crippen LogP contribution in [0.2, 0.25) is 0 Å². The largest absolute Gasteiger partial charge is 0.359 e. The molecule has 3 fully saturated rings. The van der Waals surface area contributed by atoms with Crippen LogP contribution in [-0.4, -0.2) is 60.2 Å². The minimum Gasteiger partial charge on any atom is -0.359 e. The molecule has 146 valence electrons. The molecule has 3 aliphatic rings. The van der Waals surface area contributed by atoms with Gasteiger partial charge in [-0.25, -0.2) is 0 Å². The second-order valence-electron chi connectivity index (χ2n) is 7.80. The van der Waals surface area contributed by atoms with Gasteiger partial charge in [-0.15, -0.1) is 24.0 Å². The van der Waals surface area contributed by atoms with Crippen LogP contribution in [0, 0.1) is 11.8 Å². The van der Waals surface area contributed by atoms with Crippen LogP contribution in [-0.2, 0) is 13.0 Å². The lowest BCUT2D eigenvalue weighted by atomic mass is 9.93. The number of fused-ring (bicyclic) bond motifs is 2. The summed E-state index contributed by atoms with van der Waals surface area (Å²) >= 11 is 0. The summed E-state index contributed by atoms with van der Waals surface area (Å²) in [6.07, 6.45) is 6.80. The van der Waals surface area contributed by atoms with Crippen molar-refractivity contribution in [3.63, 3.8) is 0 Å². The van der Waals surface area contributed by atoms with Crippen molar-refractivity contribution in [3.05, 3.63) is 17.5 Å². The van der Waals surface area contributed by atoms with E-state index in [-0.39, 0.29) is 24.0 Å². The smallest absolute Gasteiger partial charge is 0.194 e. The molecule has 1 saturated heterocycles. The first-order valence-corrected chi connectivity index (χ1v) is 9.91. The van der Waals surface area contributed by atoms with E-state index in [2.05, 4.69) is 32.2 Å². The maximum Gasteiger partial charge on any atom is 0.194 e. The lowest BCUT2D eigenvalue weighted by Crippen LogP contribution is -2.55. The van der Waals surface area contributed by atoms with Gasteiger partial charge >= 0.3 is 0 Å². The van der Waals surface area contributed by atoms with Crippen molar-refractivity contribution in [1.29, 1.82) is 0 Å². The molecule has 2 saturated carbocycles. The van der Waals surface area contributed by atoms with Crippen LogP contribution in [0.3, 0.4) is 0 Å². The summed E-state index contributed by atoms with van der Waals surface area (Å²) in [5.74, 6) is 3.85. The van der Waals surface area contributed by atoms with Gasteiger partial charge in [0.15, 0.2) is 11.7 Å². The quantitative estimate of drug-likeness (QED) is 0.414. The summed E-state index contributed by atoms with van der Waals surface area (Å²) in [6.45, 7) is 7.18. The number of nitrogens with zero attached hydrogens (tertiary/aromatic N) is 4. The number of nitrogens with one attached hydrogen (secondary N) is 1. The molecule has 4 rings (SSSR count). The highest BCUT2D eigenvalue weighted by Gasteiger charge is 2.42. The zero-order valence-electron chi connectivity index (χ0n) is 16.0. The molecule has 3 atom stereocenters. The fourth-order valence-electron chi connectivity index (χ4n) is 5.03. The van der Waals surface area contributed by atoms with E-state index in [4.69, 9.17) is 4.52 Å². The van der Waals surface area contributed by atoms with Gasteiger partial charge in [0.25, 0.3) is 0 Å². The van der Waals surface area contributed by atoms with E-state index < -0.39 is 0 Å². The van der Waals surface area contributed by atoms with Gasteiger partial charge in [-0.1, -0.05) is 18.5 Å². The van der Waals surface area contributed by atoms with Crippen LogP contribution < -0.4 is 5.32 Å². The SMILES string of the molecule is CCc1cc(CNC(=NC)N2CCN(C3CC4CCC3C4)CC2)on1.I. The van der Waals surface area contributed by atoms with Crippen LogP contribution in [0.25, 0.3) is 0 Å². The fraction of sp³-hybridized carbons (Fsp3) is 0.789. The summed E-state index contributed by atoms with van der Waals surface area (Å²) in [7, 11) is 1.86. The van der Waals surface area contributed by atoms with Gasteiger partial charge in [0.2, 0.25) is 0 Å². The molecule has 0 aromatic carbocycles. The average molecular weight is 473 g/mol. The van der Waals surface area contributed by atoms with E-state index in [9.17, 15) is 0 Å². The molecule has 0 spiro atoms. The highest BCUT2D eigenvalue weighted by atomic mass is 127. The topological polar surface area (TPSA) is 56.9 Å². The molecule has 26 heavy (non-hydrogen) atoms. The summed E-state index contributed by atoms with van der Waals surface area (Å²) in [5.41, 5.74) is 1.01. The van der Waals surface area contributed by atoms with Crippen LogP contribution >= 0.6 is 24.0 Å². The Balaban J connectivity index is 0.00000196. The number of guanidine groups is 1. The Morgan fingerprint density at radius 3 is 2.65 bits per heavy atom. The highest BCUT2D eigenvalue weighted by Crippen LogP contribution is 2.46. The second kappa shape index (κ2) is 8.91. The zero-order valence-corrected chi connectivity index (χ0v) is 18.3. The highest BCUT2D eigenvalue weighted by molar-refractivity contribution is 14.0. The first kappa shape index (κ1) is 19.9. The summed E-state index contributed by atoms with van der Waals surface area (Å²) in [5, 5.41) is 7.48. The molecule has 1 aromatic heterocycles. The Morgan fingerprint density at radius 2 is 2.08 bits per heavy atom. The third-order valence-electron chi connectivity index (χ3n) is 6.39. The first-order valence-electron chi connectivity index (χ1n) is 9.91. The van der Waals surface area contributed by atoms with Crippen molar-refractivity contribution in [2.75, 3.05) is 33.2 Å². The molecular formula is C19H32IN5O. The molecule has 7 heteroatoms. The molecule has 0 amide bonds. The van der Waals surface area contributed by atoms with Gasteiger partial charge < -0.3 is 14.7 Å². The second-order valence-corrected chi connectivity index (χ2v) is 7.80. The first-order chi connectivity index (χ1) is 12.3. The number of piperazine rings is 1. The van der Waals surface area contributed by atoms with E-state index in [1.54, 1.807) is 0 Å². The van der Waals surface area contributed by atoms with Crippen LogP contribution in [0.1, 0.15) is 44.1 Å². The van der Waals surface area contributed by atoms with E-state index in [0.29, 0.717) is 6.54 Å². The van der Waals surface area contributed by atoms with Crippen molar-refractivity contribution < 1.29 is 4.52 Å². The van der Waals surface area contributed by atoms with Crippen molar-refractivity contribution in [1.82, 2.24) is 20.3 Å². The molecule has 0 radical (unpaired) electrons. The molecule has 1 aromatic rings. The van der Waals surface area contributed by atoms with Gasteiger partial charge in [-0.2, -0.15) is 0 Å². The number of hydrogen-bond donors (Lipinski definition) is 1. The normalized spacial score (nSPS) is 29.1. The predicted molar refractivity (Wildman–Crippen MR) is 114 cm³/mol. The number of hydrogen-bond acceptors (Lipinski definition) is 4. The van der Waals surface area contributed by atoms with E-state index in [1.807, 2.05) is 13.1 Å². The number of rotatable bonds is 4. The molecule has 2 aliphatic carbocycles. The Morgan fingerprint density at radius 1 is 1.27 bits per heavy atom. The fourth-order valence-corrected chi connectivity index (χ4v) is 5.03. The molecule has 1 aliphatic heterocycles. The third-order valence-corrected chi connectivity index (χ3v) is 6.39. The number of halogens is 1. The van der Waals surface area contributed by atoms with Crippen molar-refractivity contribution >= 4 is 29.9 Å². The van der Waals surface area contributed by atoms with Crippen molar-refractivity contribution in [2.24, 2.45) is 16.8 Å². The van der Waals surface area contributed by atoms with Crippen LogP contribution in [0.5, 0.6) is 0 Å². The molecule has 6 nitrogen and oxygen atoms in total. The van der Waals surface area contributed by atoms with Gasteiger partial charge in [-0.05, 0) is 37.5 Å². The van der Waals surface area contributed by atoms with Gasteiger partial charge in [0.1, 0.15) is 0 Å². The molecule has 1 N–H and O–H groups in total. The Bertz CT molecular complexity index is 611. The maximum atomic E-state index is 5.36. The Labute approximate surface area is 173 Å². The summed E-state index contributed by atoms with van der Waals surface area (Å²) in [6, 6.07) is 2.88. The summed E-state index contributed by atoms with van der Waals surface area (Å²) in [4.78, 5) is 9.59. The molecule has 2 bridgehead atoms. The van der Waals surface area contributed by atoms with Crippen LogP contribution in [0.4, 0.5) is 0 Å². The van der Waals surface area contributed by atoms with Crippen LogP contribution in [0.15, 0.2) is 15.6 Å². The maximum absolute atomic E-state index is 5.36. The lowest BCUT2D eigenvalue weighted by molar-refractivity contribution is 0.0957. The number of aryl methyl sites for hydroxylation is 1. The van der Waals surface area contributed by atoms with Gasteiger partial charge in [-0.3, -0.25) is 9.89 Å². The minimum atomic E-state index is 0. The van der Waals surface area contributed by atoms with Gasteiger partial charge in [0.05, 0.1) is 12.2 Å². The lowest BCUT2D eigenvalue weighted by Gasteiger charge is -2.41. The molecule has 2 heterocycles. The van der Waals surface area contributed by atoms with E-state index >= 15 is 0 Å². The number of aliphatic imine (C=N–C) groups is 1. The number of aromatic nitrogens is 1. The molecular weight excluding hydrogens is 441 g/mol. The zero-order chi connectivity index (χ0) is 17.2. The predicted octanol–water partition coefficient (Wildman–Crippen LogP) is 2.74. The Hall–Kier alpha value is -0.830.